The zero-order valence-corrected chi connectivity index (χ0v) is 16.3. The summed E-state index contributed by atoms with van der Waals surface area (Å²) in [6.45, 7) is 0. The van der Waals surface area contributed by atoms with E-state index in [4.69, 9.17) is 16.3 Å². The SMILES string of the molecule is COc1ccc(-n2c(I)nc3ccc(-c4ccccc4)cc32)cc1Cl. The zero-order valence-electron chi connectivity index (χ0n) is 13.4. The van der Waals surface area contributed by atoms with Crippen molar-refractivity contribution in [2.75, 3.05) is 7.11 Å². The Labute approximate surface area is 164 Å². The van der Waals surface area contributed by atoms with Gasteiger partial charge in [-0.15, -0.1) is 0 Å². The minimum absolute atomic E-state index is 0.580. The highest BCUT2D eigenvalue weighted by atomic mass is 127. The van der Waals surface area contributed by atoms with Crippen molar-refractivity contribution in [1.29, 1.82) is 0 Å². The second-order valence-corrected chi connectivity index (χ2v) is 6.98. The second-order valence-electron chi connectivity index (χ2n) is 5.60. The summed E-state index contributed by atoms with van der Waals surface area (Å²) in [7, 11) is 1.61. The summed E-state index contributed by atoms with van der Waals surface area (Å²) in [5, 5.41) is 0.580. The molecule has 0 amide bonds. The molecule has 0 N–H and O–H groups in total. The van der Waals surface area contributed by atoms with Crippen LogP contribution in [0.15, 0.2) is 66.7 Å². The fourth-order valence-corrected chi connectivity index (χ4v) is 3.95. The largest absolute Gasteiger partial charge is 0.495 e. The molecule has 0 radical (unpaired) electrons. The summed E-state index contributed by atoms with van der Waals surface area (Å²) in [5.41, 5.74) is 5.30. The lowest BCUT2D eigenvalue weighted by molar-refractivity contribution is 0.415. The number of ether oxygens (including phenoxy) is 1. The molecule has 1 heterocycles. The number of benzene rings is 3. The van der Waals surface area contributed by atoms with Gasteiger partial charge in [-0.3, -0.25) is 4.57 Å². The Kier molecular flexibility index (Phi) is 4.39. The van der Waals surface area contributed by atoms with E-state index in [1.807, 2.05) is 36.4 Å². The van der Waals surface area contributed by atoms with Crippen LogP contribution < -0.4 is 4.74 Å². The molecule has 25 heavy (non-hydrogen) atoms. The predicted octanol–water partition coefficient (Wildman–Crippen LogP) is 5.96. The van der Waals surface area contributed by atoms with E-state index >= 15 is 0 Å². The molecule has 0 saturated heterocycles. The van der Waals surface area contributed by atoms with E-state index in [-0.39, 0.29) is 0 Å². The predicted molar refractivity (Wildman–Crippen MR) is 111 cm³/mol. The van der Waals surface area contributed by atoms with Gasteiger partial charge in [-0.25, -0.2) is 4.98 Å². The lowest BCUT2D eigenvalue weighted by Crippen LogP contribution is -1.97. The highest BCUT2D eigenvalue weighted by molar-refractivity contribution is 14.1. The molecule has 5 heteroatoms. The molecule has 4 rings (SSSR count). The monoisotopic (exact) mass is 460 g/mol. The van der Waals surface area contributed by atoms with Crippen LogP contribution >= 0.6 is 34.2 Å². The number of aromatic nitrogens is 2. The van der Waals surface area contributed by atoms with Crippen LogP contribution in [0.2, 0.25) is 5.02 Å². The molecule has 3 nitrogen and oxygen atoms in total. The van der Waals surface area contributed by atoms with Gasteiger partial charge in [0, 0.05) is 28.3 Å². The van der Waals surface area contributed by atoms with Crippen LogP contribution in [0.5, 0.6) is 5.75 Å². The molecule has 0 aliphatic heterocycles. The average Bonchev–Trinajstić information content (AvgIpc) is 2.97. The summed E-state index contributed by atoms with van der Waals surface area (Å²) >= 11 is 8.57. The highest BCUT2D eigenvalue weighted by Gasteiger charge is 2.13. The Hall–Kier alpha value is -2.05. The summed E-state index contributed by atoms with van der Waals surface area (Å²) in [6, 6.07) is 22.4. The average molecular weight is 461 g/mol. The second kappa shape index (κ2) is 6.69. The van der Waals surface area contributed by atoms with Crippen LogP contribution in [0.3, 0.4) is 0 Å². The van der Waals surface area contributed by atoms with E-state index in [0.717, 1.165) is 26.1 Å². The van der Waals surface area contributed by atoms with Gasteiger partial charge in [0.15, 0.2) is 3.83 Å². The molecule has 0 unspecified atom stereocenters. The third-order valence-electron chi connectivity index (χ3n) is 4.11. The number of hydrogen-bond donors (Lipinski definition) is 0. The first-order chi connectivity index (χ1) is 12.2. The van der Waals surface area contributed by atoms with E-state index < -0.39 is 0 Å². The number of hydrogen-bond acceptors (Lipinski definition) is 2. The number of fused-ring (bicyclic) bond motifs is 1. The van der Waals surface area contributed by atoms with Crippen molar-refractivity contribution in [3.05, 3.63) is 75.6 Å². The molecule has 124 valence electrons. The molecule has 0 atom stereocenters. The number of nitrogens with zero attached hydrogens (tertiary/aromatic N) is 2. The molecule has 1 aromatic heterocycles. The Balaban J connectivity index is 1.91. The molecule has 3 aromatic carbocycles. The zero-order chi connectivity index (χ0) is 17.4. The van der Waals surface area contributed by atoms with Crippen LogP contribution in [-0.4, -0.2) is 16.7 Å². The van der Waals surface area contributed by atoms with Gasteiger partial charge >= 0.3 is 0 Å². The minimum atomic E-state index is 0.580. The first-order valence-corrected chi connectivity index (χ1v) is 9.20. The van der Waals surface area contributed by atoms with Gasteiger partial charge in [0.05, 0.1) is 23.2 Å². The lowest BCUT2D eigenvalue weighted by atomic mass is 10.1. The van der Waals surface area contributed by atoms with Gasteiger partial charge in [0.2, 0.25) is 0 Å². The fourth-order valence-electron chi connectivity index (χ4n) is 2.90. The first kappa shape index (κ1) is 16.4. The smallest absolute Gasteiger partial charge is 0.177 e. The van der Waals surface area contributed by atoms with Crippen molar-refractivity contribution in [3.8, 4) is 22.6 Å². The van der Waals surface area contributed by atoms with Crippen molar-refractivity contribution in [2.45, 2.75) is 0 Å². The maximum absolute atomic E-state index is 6.32. The minimum Gasteiger partial charge on any atom is -0.495 e. The Bertz CT molecular complexity index is 1060. The Morgan fingerprint density at radius 3 is 2.48 bits per heavy atom. The molecular weight excluding hydrogens is 447 g/mol. The summed E-state index contributed by atoms with van der Waals surface area (Å²) in [6.07, 6.45) is 0. The van der Waals surface area contributed by atoms with E-state index in [9.17, 15) is 0 Å². The highest BCUT2D eigenvalue weighted by Crippen LogP contribution is 2.31. The van der Waals surface area contributed by atoms with Crippen LogP contribution in [0.25, 0.3) is 27.8 Å². The van der Waals surface area contributed by atoms with E-state index in [1.165, 1.54) is 5.56 Å². The maximum atomic E-state index is 6.32. The Morgan fingerprint density at radius 1 is 0.960 bits per heavy atom. The van der Waals surface area contributed by atoms with Gasteiger partial charge in [-0.05, 0) is 41.5 Å². The van der Waals surface area contributed by atoms with Crippen molar-refractivity contribution in [2.24, 2.45) is 0 Å². The summed E-state index contributed by atoms with van der Waals surface area (Å²) in [4.78, 5) is 4.67. The molecule has 0 saturated carbocycles. The van der Waals surface area contributed by atoms with Crippen molar-refractivity contribution in [3.63, 3.8) is 0 Å². The molecule has 0 aliphatic carbocycles. The van der Waals surface area contributed by atoms with E-state index in [1.54, 1.807) is 7.11 Å². The lowest BCUT2D eigenvalue weighted by Gasteiger charge is -2.10. The van der Waals surface area contributed by atoms with Crippen molar-refractivity contribution in [1.82, 2.24) is 9.55 Å². The first-order valence-electron chi connectivity index (χ1n) is 7.75. The van der Waals surface area contributed by atoms with Crippen LogP contribution in [-0.2, 0) is 0 Å². The topological polar surface area (TPSA) is 27.1 Å². The molecular formula is C20H14ClIN2O. The standard InChI is InChI=1S/C20H14ClIN2O/c1-25-19-10-8-15(12-16(19)21)24-18-11-14(13-5-3-2-4-6-13)7-9-17(18)23-20(24)22/h2-12H,1H3. The Morgan fingerprint density at radius 2 is 1.76 bits per heavy atom. The molecule has 0 fully saturated rings. The third kappa shape index (κ3) is 3.00. The number of rotatable bonds is 3. The molecule has 4 aromatic rings. The molecule has 0 bridgehead atoms. The number of halogens is 2. The van der Waals surface area contributed by atoms with Gasteiger partial charge in [-0.2, -0.15) is 0 Å². The third-order valence-corrected chi connectivity index (χ3v) is 5.13. The van der Waals surface area contributed by atoms with Gasteiger partial charge < -0.3 is 4.74 Å². The van der Waals surface area contributed by atoms with Crippen LogP contribution in [0.1, 0.15) is 0 Å². The molecule has 0 spiro atoms. The quantitative estimate of drug-likeness (QED) is 0.353. The van der Waals surface area contributed by atoms with Crippen molar-refractivity contribution >= 4 is 45.2 Å². The van der Waals surface area contributed by atoms with E-state index in [2.05, 4.69) is 62.5 Å². The summed E-state index contributed by atoms with van der Waals surface area (Å²) in [5.74, 6) is 0.662. The van der Waals surface area contributed by atoms with Crippen molar-refractivity contribution < 1.29 is 4.74 Å². The number of methoxy groups -OCH3 is 1. The maximum Gasteiger partial charge on any atom is 0.177 e. The normalized spacial score (nSPS) is 11.0. The number of imidazole rings is 1. The van der Waals surface area contributed by atoms with Crippen LogP contribution in [0, 0.1) is 3.83 Å². The summed E-state index contributed by atoms with van der Waals surface area (Å²) < 4.78 is 8.25. The van der Waals surface area contributed by atoms with Crippen LogP contribution in [0.4, 0.5) is 0 Å². The molecule has 0 aliphatic rings. The fraction of sp³-hybridized carbons (Fsp3) is 0.0500. The van der Waals surface area contributed by atoms with Gasteiger partial charge in [-0.1, -0.05) is 48.0 Å². The van der Waals surface area contributed by atoms with Gasteiger partial charge in [0.25, 0.3) is 0 Å². The van der Waals surface area contributed by atoms with Gasteiger partial charge in [0.1, 0.15) is 5.75 Å². The van der Waals surface area contributed by atoms with E-state index in [0.29, 0.717) is 10.8 Å².